The molecule has 14 heteroatoms. The highest BCUT2D eigenvalue weighted by Gasteiger charge is 2.69. The Kier molecular flexibility index (Phi) is 11.7. The normalized spacial score (nSPS) is 30.8. The molecule has 0 bridgehead atoms. The van der Waals surface area contributed by atoms with Gasteiger partial charge in [-0.1, -0.05) is 78.1 Å². The van der Waals surface area contributed by atoms with Gasteiger partial charge >= 0.3 is 6.03 Å². The van der Waals surface area contributed by atoms with Crippen LogP contribution in [0.25, 0.3) is 0 Å². The first kappa shape index (κ1) is 37.5. The second-order valence-electron chi connectivity index (χ2n) is 16.1. The summed E-state index contributed by atoms with van der Waals surface area (Å²) in [7, 11) is -0.642. The standard InChI is InChI=1S/C35H58N6O7S/c1-34(2)24-21-41-28(27(24)34)30(43)37-25(29(42)31(44)36-23-17-18-23)15-11-8-6-5-7-9-12-16-26(32(41)45)38-33(46)39-35(19-13-10-14-20-35)22-49(47,48)40(3)4/h23-28H,5-22H2,1-4H3,(H,36,44)(H,37,43)(H2,38,39,46)/t24-,25-,26-,27-,28-/m0/s1. The minimum Gasteiger partial charge on any atom is -0.347 e. The van der Waals surface area contributed by atoms with Crippen LogP contribution in [-0.2, 0) is 29.2 Å². The van der Waals surface area contributed by atoms with Gasteiger partial charge in [0.05, 0.1) is 17.3 Å². The molecule has 5 atom stereocenters. The predicted octanol–water partition coefficient (Wildman–Crippen LogP) is 2.59. The number of amides is 5. The van der Waals surface area contributed by atoms with E-state index in [1.165, 1.54) is 18.4 Å². The molecule has 0 spiro atoms. The lowest BCUT2D eigenvalue weighted by Crippen LogP contribution is -2.62. The van der Waals surface area contributed by atoms with Gasteiger partial charge in [-0.05, 0) is 55.8 Å². The quantitative estimate of drug-likeness (QED) is 0.281. The van der Waals surface area contributed by atoms with E-state index in [1.807, 2.05) is 0 Å². The van der Waals surface area contributed by atoms with E-state index in [0.717, 1.165) is 64.2 Å². The third-order valence-corrected chi connectivity index (χ3v) is 13.9. The number of hydrogen-bond donors (Lipinski definition) is 4. The Hall–Kier alpha value is -2.74. The first-order chi connectivity index (χ1) is 23.1. The maximum absolute atomic E-state index is 14.4. The van der Waals surface area contributed by atoms with Crippen molar-refractivity contribution in [2.45, 2.75) is 146 Å². The summed E-state index contributed by atoms with van der Waals surface area (Å²) in [4.78, 5) is 69.8. The Bertz CT molecular complexity index is 1370. The van der Waals surface area contributed by atoms with Crippen LogP contribution in [-0.4, -0.2) is 103 Å². The molecular weight excluding hydrogens is 648 g/mol. The second-order valence-corrected chi connectivity index (χ2v) is 18.3. The molecule has 0 aromatic rings. The zero-order chi connectivity index (χ0) is 35.6. The number of hydrogen-bond acceptors (Lipinski definition) is 7. The molecule has 5 rings (SSSR count). The maximum atomic E-state index is 14.4. The van der Waals surface area contributed by atoms with Crippen LogP contribution in [0.4, 0.5) is 4.79 Å². The zero-order valence-electron chi connectivity index (χ0n) is 29.9. The van der Waals surface area contributed by atoms with E-state index in [4.69, 9.17) is 0 Å². The molecule has 3 saturated carbocycles. The van der Waals surface area contributed by atoms with Crippen molar-refractivity contribution in [1.82, 2.24) is 30.5 Å². The van der Waals surface area contributed by atoms with Crippen LogP contribution in [0.2, 0.25) is 0 Å². The van der Waals surface area contributed by atoms with Gasteiger partial charge in [0, 0.05) is 26.7 Å². The number of Topliss-reactive ketones (excluding diaryl/α,β-unsaturated/α-hetero) is 1. The highest BCUT2D eigenvalue weighted by Crippen LogP contribution is 2.65. The summed E-state index contributed by atoms with van der Waals surface area (Å²) in [6.45, 7) is 4.52. The lowest BCUT2D eigenvalue weighted by molar-refractivity contribution is -0.144. The van der Waals surface area contributed by atoms with E-state index in [1.54, 1.807) is 4.90 Å². The molecule has 0 unspecified atom stereocenters. The Labute approximate surface area is 291 Å². The fourth-order valence-corrected chi connectivity index (χ4v) is 9.78. The van der Waals surface area contributed by atoms with E-state index >= 15 is 0 Å². The minimum absolute atomic E-state index is 0.0151. The molecule has 4 N–H and O–H groups in total. The number of piperidine rings is 1. The van der Waals surface area contributed by atoms with Gasteiger partial charge in [-0.25, -0.2) is 17.5 Å². The minimum atomic E-state index is -3.61. The molecule has 3 aliphatic carbocycles. The molecule has 49 heavy (non-hydrogen) atoms. The van der Waals surface area contributed by atoms with Crippen molar-refractivity contribution < 1.29 is 32.4 Å². The largest absolute Gasteiger partial charge is 0.347 e. The van der Waals surface area contributed by atoms with Crippen molar-refractivity contribution in [3.05, 3.63) is 0 Å². The lowest BCUT2D eigenvalue weighted by Gasteiger charge is -2.39. The van der Waals surface area contributed by atoms with Gasteiger partial charge in [-0.2, -0.15) is 0 Å². The third kappa shape index (κ3) is 8.95. The summed E-state index contributed by atoms with van der Waals surface area (Å²) in [5, 5.41) is 11.6. The van der Waals surface area contributed by atoms with Crippen molar-refractivity contribution in [3.63, 3.8) is 0 Å². The van der Waals surface area contributed by atoms with Gasteiger partial charge in [0.1, 0.15) is 12.1 Å². The number of carbonyl (C=O) groups is 5. The highest BCUT2D eigenvalue weighted by molar-refractivity contribution is 7.89. The Morgan fingerprint density at radius 1 is 0.857 bits per heavy atom. The number of urea groups is 1. The SMILES string of the molecule is CN(C)S(=O)(=O)CC1(NC(=O)N[C@H]2CCCCCCCCC[C@@H](C(=O)C(=O)NC3CC3)NC(=O)[C@@H]3[C@@H]4[C@H](CN3C2=O)C4(C)C)CCCCC1. The number of ketones is 1. The van der Waals surface area contributed by atoms with Crippen molar-refractivity contribution >= 4 is 39.6 Å². The summed E-state index contributed by atoms with van der Waals surface area (Å²) in [5.74, 6) is -2.33. The van der Waals surface area contributed by atoms with Crippen molar-refractivity contribution in [1.29, 1.82) is 0 Å². The average Bonchev–Trinajstić information content (AvgIpc) is 3.88. The lowest BCUT2D eigenvalue weighted by atomic mass is 9.83. The number of sulfonamides is 1. The third-order valence-electron chi connectivity index (χ3n) is 11.8. The molecule has 0 aromatic carbocycles. The van der Waals surface area contributed by atoms with Gasteiger partial charge in [0.15, 0.2) is 0 Å². The molecule has 2 saturated heterocycles. The summed E-state index contributed by atoms with van der Waals surface area (Å²) in [6, 6.07) is -3.27. The number of rotatable bonds is 8. The van der Waals surface area contributed by atoms with Crippen LogP contribution in [0.1, 0.15) is 117 Å². The Morgan fingerprint density at radius 2 is 1.45 bits per heavy atom. The molecule has 276 valence electrons. The van der Waals surface area contributed by atoms with Gasteiger partial charge in [0.25, 0.3) is 5.91 Å². The predicted molar refractivity (Wildman–Crippen MR) is 185 cm³/mol. The topological polar surface area (TPSA) is 174 Å². The molecule has 5 fully saturated rings. The number of nitrogens with zero attached hydrogens (tertiary/aromatic N) is 2. The van der Waals surface area contributed by atoms with Crippen molar-refractivity contribution in [2.24, 2.45) is 17.3 Å². The van der Waals surface area contributed by atoms with Crippen LogP contribution >= 0.6 is 0 Å². The van der Waals surface area contributed by atoms with Crippen LogP contribution in [0.3, 0.4) is 0 Å². The molecule has 13 nitrogen and oxygen atoms in total. The van der Waals surface area contributed by atoms with Gasteiger partial charge in [-0.3, -0.25) is 19.2 Å². The summed E-state index contributed by atoms with van der Waals surface area (Å²) in [6.07, 6.45) is 12.1. The second kappa shape index (κ2) is 15.2. The fourth-order valence-electron chi connectivity index (χ4n) is 8.47. The number of nitrogens with one attached hydrogen (secondary N) is 4. The van der Waals surface area contributed by atoms with E-state index in [2.05, 4.69) is 35.1 Å². The number of carbonyl (C=O) groups excluding carboxylic acids is 5. The summed E-state index contributed by atoms with van der Waals surface area (Å²) < 4.78 is 27.1. The van der Waals surface area contributed by atoms with E-state index in [0.29, 0.717) is 45.1 Å². The zero-order valence-corrected chi connectivity index (χ0v) is 30.7. The molecule has 2 aliphatic heterocycles. The van der Waals surface area contributed by atoms with Gasteiger partial charge in [0.2, 0.25) is 27.6 Å². The molecule has 0 radical (unpaired) electrons. The first-order valence-corrected chi connectivity index (χ1v) is 20.2. The van der Waals surface area contributed by atoms with Gasteiger partial charge < -0.3 is 26.2 Å². The van der Waals surface area contributed by atoms with E-state index < -0.39 is 57.3 Å². The Morgan fingerprint density at radius 3 is 2.06 bits per heavy atom. The molecule has 5 amide bonds. The highest BCUT2D eigenvalue weighted by atomic mass is 32.2. The van der Waals surface area contributed by atoms with Crippen LogP contribution in [0.5, 0.6) is 0 Å². The maximum Gasteiger partial charge on any atom is 0.315 e. The van der Waals surface area contributed by atoms with Crippen LogP contribution in [0.15, 0.2) is 0 Å². The molecular formula is C35H58N6O7S. The Balaban J connectivity index is 1.36. The molecule has 5 aliphatic rings. The smallest absolute Gasteiger partial charge is 0.315 e. The van der Waals surface area contributed by atoms with Gasteiger partial charge in [-0.15, -0.1) is 0 Å². The van der Waals surface area contributed by atoms with E-state index in [-0.39, 0.29) is 35.0 Å². The number of fused-ring (bicyclic) bond motifs is 3. The van der Waals surface area contributed by atoms with E-state index in [9.17, 15) is 32.4 Å². The van der Waals surface area contributed by atoms with Crippen molar-refractivity contribution in [3.8, 4) is 0 Å². The molecule has 0 aromatic heterocycles. The first-order valence-electron chi connectivity index (χ1n) is 18.6. The fraction of sp³-hybridized carbons (Fsp3) is 0.857. The van der Waals surface area contributed by atoms with Crippen molar-refractivity contribution in [2.75, 3.05) is 26.4 Å². The molecule has 2 heterocycles. The van der Waals surface area contributed by atoms with Crippen LogP contribution < -0.4 is 21.3 Å². The monoisotopic (exact) mass is 706 g/mol. The summed E-state index contributed by atoms with van der Waals surface area (Å²) >= 11 is 0. The average molecular weight is 707 g/mol. The van der Waals surface area contributed by atoms with Crippen LogP contribution in [0, 0.1) is 17.3 Å². The summed E-state index contributed by atoms with van der Waals surface area (Å²) in [5.41, 5.74) is -1.12.